The van der Waals surface area contributed by atoms with E-state index in [9.17, 15) is 9.90 Å². The molecule has 0 amide bonds. The Morgan fingerprint density at radius 2 is 2.00 bits per heavy atom. The lowest BCUT2D eigenvalue weighted by atomic mass is 9.75. The van der Waals surface area contributed by atoms with Crippen LogP contribution in [0.4, 0.5) is 0 Å². The van der Waals surface area contributed by atoms with E-state index in [1.807, 2.05) is 43.3 Å². The van der Waals surface area contributed by atoms with Crippen LogP contribution in [0.3, 0.4) is 0 Å². The number of rotatable bonds is 6. The summed E-state index contributed by atoms with van der Waals surface area (Å²) in [5, 5.41) is 11.3. The van der Waals surface area contributed by atoms with Crippen molar-refractivity contribution in [2.45, 2.75) is 31.8 Å². The second kappa shape index (κ2) is 7.98. The number of carbonyl (C=O) groups excluding carboxylic acids is 1. The molecular formula is C21H27NO3. The first-order valence-electron chi connectivity index (χ1n) is 9.14. The molecule has 1 saturated heterocycles. The zero-order valence-electron chi connectivity index (χ0n) is 14.9. The highest BCUT2D eigenvalue weighted by Gasteiger charge is 2.41. The van der Waals surface area contributed by atoms with E-state index in [4.69, 9.17) is 4.74 Å². The number of ketones is 1. The summed E-state index contributed by atoms with van der Waals surface area (Å²) in [6.07, 6.45) is 7.59. The molecule has 1 N–H and O–H groups in total. The first kappa shape index (κ1) is 17.9. The Labute approximate surface area is 149 Å². The summed E-state index contributed by atoms with van der Waals surface area (Å²) in [5.74, 6) is -0.279. The van der Waals surface area contributed by atoms with E-state index in [2.05, 4.69) is 17.1 Å². The molecule has 1 aliphatic heterocycles. The smallest absolute Gasteiger partial charge is 0.165 e. The predicted octanol–water partition coefficient (Wildman–Crippen LogP) is 2.73. The largest absolute Gasteiger partial charge is 0.381 e. The Morgan fingerprint density at radius 1 is 1.28 bits per heavy atom. The quantitative estimate of drug-likeness (QED) is 0.864. The van der Waals surface area contributed by atoms with Crippen LogP contribution in [-0.4, -0.2) is 47.7 Å². The highest BCUT2D eigenvalue weighted by atomic mass is 16.5. The van der Waals surface area contributed by atoms with Crippen LogP contribution in [0.1, 0.15) is 25.3 Å². The minimum absolute atomic E-state index is 0.0887. The summed E-state index contributed by atoms with van der Waals surface area (Å²) in [4.78, 5) is 14.9. The second-order valence-corrected chi connectivity index (χ2v) is 6.79. The molecule has 1 heterocycles. The predicted molar refractivity (Wildman–Crippen MR) is 98.1 cm³/mol. The molecule has 4 heteroatoms. The molecule has 0 saturated carbocycles. The van der Waals surface area contributed by atoms with Crippen LogP contribution in [0.2, 0.25) is 0 Å². The van der Waals surface area contributed by atoms with Crippen molar-refractivity contribution < 1.29 is 14.6 Å². The monoisotopic (exact) mass is 341 g/mol. The molecule has 134 valence electrons. The number of nitrogens with zero attached hydrogens (tertiary/aromatic N) is 1. The number of Topliss-reactive ketones (excluding diaryl/α,β-unsaturated/α-hetero) is 1. The van der Waals surface area contributed by atoms with Crippen LogP contribution in [0.25, 0.3) is 0 Å². The van der Waals surface area contributed by atoms with Crippen LogP contribution in [0, 0.1) is 5.92 Å². The van der Waals surface area contributed by atoms with Crippen LogP contribution in [-0.2, 0) is 16.0 Å². The van der Waals surface area contributed by atoms with E-state index in [0.717, 1.165) is 31.9 Å². The number of ether oxygens (including phenoxy) is 1. The topological polar surface area (TPSA) is 49.8 Å². The number of allylic oxidation sites excluding steroid dienone is 2. The number of morpholine rings is 1. The molecule has 1 fully saturated rings. The van der Waals surface area contributed by atoms with E-state index >= 15 is 0 Å². The minimum atomic E-state index is -1.35. The van der Waals surface area contributed by atoms with Gasteiger partial charge in [0.1, 0.15) is 5.60 Å². The number of hydrogen-bond donors (Lipinski definition) is 1. The third-order valence-electron chi connectivity index (χ3n) is 5.19. The van der Waals surface area contributed by atoms with Gasteiger partial charge in [0, 0.05) is 37.5 Å². The first-order chi connectivity index (χ1) is 12.1. The SMILES string of the molecule is CCC(=O)C(O)(Cc1ccccc1)C1C=CC(N2CCOCC2)=CC1. The van der Waals surface area contributed by atoms with Crippen molar-refractivity contribution >= 4 is 5.78 Å². The summed E-state index contributed by atoms with van der Waals surface area (Å²) in [5.41, 5.74) is 0.813. The summed E-state index contributed by atoms with van der Waals surface area (Å²) in [7, 11) is 0. The van der Waals surface area contributed by atoms with Gasteiger partial charge in [-0.15, -0.1) is 0 Å². The zero-order valence-corrected chi connectivity index (χ0v) is 14.9. The number of aliphatic hydroxyl groups is 1. The maximum atomic E-state index is 12.6. The van der Waals surface area contributed by atoms with Crippen molar-refractivity contribution in [3.63, 3.8) is 0 Å². The average Bonchev–Trinajstić information content (AvgIpc) is 2.69. The van der Waals surface area contributed by atoms with E-state index < -0.39 is 5.60 Å². The molecule has 3 rings (SSSR count). The molecule has 2 atom stereocenters. The van der Waals surface area contributed by atoms with Gasteiger partial charge in [-0.2, -0.15) is 0 Å². The molecule has 2 unspecified atom stereocenters. The molecule has 0 aromatic heterocycles. The highest BCUT2D eigenvalue weighted by molar-refractivity contribution is 5.88. The van der Waals surface area contributed by atoms with E-state index in [0.29, 0.717) is 19.3 Å². The molecule has 4 nitrogen and oxygen atoms in total. The first-order valence-corrected chi connectivity index (χ1v) is 9.14. The molecule has 1 aliphatic carbocycles. The van der Waals surface area contributed by atoms with Crippen LogP contribution >= 0.6 is 0 Å². The van der Waals surface area contributed by atoms with Crippen LogP contribution in [0.5, 0.6) is 0 Å². The Kier molecular flexibility index (Phi) is 5.71. The molecule has 1 aromatic carbocycles. The second-order valence-electron chi connectivity index (χ2n) is 6.79. The maximum Gasteiger partial charge on any atom is 0.165 e. The van der Waals surface area contributed by atoms with Crippen LogP contribution in [0.15, 0.2) is 54.3 Å². The van der Waals surface area contributed by atoms with Crippen molar-refractivity contribution in [2.24, 2.45) is 5.92 Å². The summed E-state index contributed by atoms with van der Waals surface area (Å²) in [6.45, 7) is 5.10. The van der Waals surface area contributed by atoms with Crippen molar-refractivity contribution in [1.82, 2.24) is 4.90 Å². The van der Waals surface area contributed by atoms with E-state index in [1.165, 1.54) is 5.70 Å². The van der Waals surface area contributed by atoms with Gasteiger partial charge in [-0.25, -0.2) is 0 Å². The van der Waals surface area contributed by atoms with Gasteiger partial charge in [0.25, 0.3) is 0 Å². The Bertz CT molecular complexity index is 646. The van der Waals surface area contributed by atoms with Gasteiger partial charge in [0.2, 0.25) is 0 Å². The average molecular weight is 341 g/mol. The maximum absolute atomic E-state index is 12.6. The van der Waals surface area contributed by atoms with Crippen molar-refractivity contribution in [3.8, 4) is 0 Å². The molecule has 1 aromatic rings. The zero-order chi connectivity index (χ0) is 17.7. The van der Waals surface area contributed by atoms with Gasteiger partial charge in [-0.05, 0) is 18.1 Å². The van der Waals surface area contributed by atoms with E-state index in [-0.39, 0.29) is 11.7 Å². The number of carbonyl (C=O) groups is 1. The van der Waals surface area contributed by atoms with E-state index in [1.54, 1.807) is 0 Å². The lowest BCUT2D eigenvalue weighted by Gasteiger charge is -2.36. The third kappa shape index (κ3) is 4.02. The fourth-order valence-corrected chi connectivity index (χ4v) is 3.67. The lowest BCUT2D eigenvalue weighted by molar-refractivity contribution is -0.141. The third-order valence-corrected chi connectivity index (χ3v) is 5.19. The fraction of sp³-hybridized carbons (Fsp3) is 0.476. The summed E-state index contributed by atoms with van der Waals surface area (Å²) in [6, 6.07) is 9.77. The van der Waals surface area contributed by atoms with Gasteiger partial charge in [-0.3, -0.25) is 4.79 Å². The minimum Gasteiger partial charge on any atom is -0.381 e. The molecule has 0 bridgehead atoms. The standard InChI is InChI=1S/C21H27NO3/c1-2-20(23)21(24,16-17-6-4-3-5-7-17)18-8-10-19(11-9-18)22-12-14-25-15-13-22/h3-8,10-11,18,24H,2,9,12-16H2,1H3. The number of benzene rings is 1. The Morgan fingerprint density at radius 3 is 2.60 bits per heavy atom. The van der Waals surface area contributed by atoms with Gasteiger partial charge in [0.15, 0.2) is 5.78 Å². The molecular weight excluding hydrogens is 314 g/mol. The van der Waals surface area contributed by atoms with Crippen LogP contribution < -0.4 is 0 Å². The molecule has 0 spiro atoms. The van der Waals surface area contributed by atoms with Crippen molar-refractivity contribution in [3.05, 3.63) is 59.8 Å². The summed E-state index contributed by atoms with van der Waals surface area (Å²) < 4.78 is 5.40. The van der Waals surface area contributed by atoms with Gasteiger partial charge in [-0.1, -0.05) is 49.4 Å². The molecule has 0 radical (unpaired) electrons. The molecule has 2 aliphatic rings. The van der Waals surface area contributed by atoms with Gasteiger partial charge >= 0.3 is 0 Å². The molecule has 25 heavy (non-hydrogen) atoms. The lowest BCUT2D eigenvalue weighted by Crippen LogP contribution is -2.47. The Hall–Kier alpha value is -1.91. The van der Waals surface area contributed by atoms with Gasteiger partial charge < -0.3 is 14.7 Å². The van der Waals surface area contributed by atoms with Gasteiger partial charge in [0.05, 0.1) is 13.2 Å². The summed E-state index contributed by atoms with van der Waals surface area (Å²) >= 11 is 0. The Balaban J connectivity index is 1.75. The fourth-order valence-electron chi connectivity index (χ4n) is 3.67. The van der Waals surface area contributed by atoms with Crippen molar-refractivity contribution in [2.75, 3.05) is 26.3 Å². The normalized spacial score (nSPS) is 23.0. The number of hydrogen-bond acceptors (Lipinski definition) is 4. The highest BCUT2D eigenvalue weighted by Crippen LogP contribution is 2.33. The van der Waals surface area contributed by atoms with Crippen molar-refractivity contribution in [1.29, 1.82) is 0 Å².